The highest BCUT2D eigenvalue weighted by atomic mass is 35.5. The van der Waals surface area contributed by atoms with Gasteiger partial charge in [-0.1, -0.05) is 0 Å². The fourth-order valence-corrected chi connectivity index (χ4v) is 2.50. The summed E-state index contributed by atoms with van der Waals surface area (Å²) in [4.78, 5) is 26.6. The van der Waals surface area contributed by atoms with Crippen LogP contribution >= 0.6 is 12.4 Å². The fraction of sp³-hybridized carbons (Fsp3) is 0.429. The lowest BCUT2D eigenvalue weighted by Crippen LogP contribution is -2.43. The Hall–Kier alpha value is -1.99. The Morgan fingerprint density at radius 3 is 2.86 bits per heavy atom. The van der Waals surface area contributed by atoms with Crippen molar-refractivity contribution in [3.8, 4) is 0 Å². The molecule has 0 radical (unpaired) electrons. The zero-order chi connectivity index (χ0) is 14.8. The number of amides is 1. The van der Waals surface area contributed by atoms with E-state index >= 15 is 0 Å². The third-order valence-corrected chi connectivity index (χ3v) is 3.46. The number of aryl methyl sites for hydroxylation is 2. The Labute approximate surface area is 134 Å². The van der Waals surface area contributed by atoms with Crippen molar-refractivity contribution in [2.45, 2.75) is 13.0 Å². The third-order valence-electron chi connectivity index (χ3n) is 3.46. The molecule has 7 nitrogen and oxygen atoms in total. The molecule has 3 heterocycles. The number of carbonyl (C=O) groups excluding carboxylic acids is 1. The van der Waals surface area contributed by atoms with Crippen molar-refractivity contribution < 1.29 is 9.53 Å². The van der Waals surface area contributed by atoms with Gasteiger partial charge in [0, 0.05) is 32.2 Å². The first kappa shape index (κ1) is 16.4. The second kappa shape index (κ2) is 6.85. The van der Waals surface area contributed by atoms with Crippen molar-refractivity contribution >= 4 is 18.3 Å². The first-order chi connectivity index (χ1) is 10.1. The van der Waals surface area contributed by atoms with E-state index < -0.39 is 0 Å². The molecule has 0 aliphatic carbocycles. The molecule has 22 heavy (non-hydrogen) atoms. The van der Waals surface area contributed by atoms with E-state index in [4.69, 9.17) is 4.74 Å². The standard InChI is InChI=1S/C14H17N5O2.ClH/c1-10-8-18(2)13(17-10)12-9-19(5-6-21-12)14(20)11-7-15-3-4-16-11;/h3-4,7-8,12H,5-6,9H2,1-2H3;1H. The van der Waals surface area contributed by atoms with E-state index in [1.165, 1.54) is 12.4 Å². The van der Waals surface area contributed by atoms with Crippen LogP contribution < -0.4 is 0 Å². The monoisotopic (exact) mass is 323 g/mol. The predicted molar refractivity (Wildman–Crippen MR) is 81.8 cm³/mol. The van der Waals surface area contributed by atoms with Crippen LogP contribution in [0.3, 0.4) is 0 Å². The first-order valence-electron chi connectivity index (χ1n) is 6.82. The minimum atomic E-state index is -0.210. The number of morpholine rings is 1. The van der Waals surface area contributed by atoms with Crippen molar-refractivity contribution in [3.63, 3.8) is 0 Å². The molecule has 0 bridgehead atoms. The lowest BCUT2D eigenvalue weighted by atomic mass is 10.2. The SMILES string of the molecule is Cc1cn(C)c(C2CN(C(=O)c3cnccn3)CCO2)n1.Cl. The third kappa shape index (κ3) is 3.26. The molecule has 118 valence electrons. The number of hydrogen-bond donors (Lipinski definition) is 0. The zero-order valence-corrected chi connectivity index (χ0v) is 13.3. The summed E-state index contributed by atoms with van der Waals surface area (Å²) in [5.74, 6) is 0.714. The molecule has 1 atom stereocenters. The molecule has 1 saturated heterocycles. The lowest BCUT2D eigenvalue weighted by Gasteiger charge is -2.32. The van der Waals surface area contributed by atoms with E-state index in [2.05, 4.69) is 15.0 Å². The average Bonchev–Trinajstić information content (AvgIpc) is 2.86. The summed E-state index contributed by atoms with van der Waals surface area (Å²) in [5.41, 5.74) is 1.29. The number of rotatable bonds is 2. The summed E-state index contributed by atoms with van der Waals surface area (Å²) >= 11 is 0. The molecule has 1 fully saturated rings. The van der Waals surface area contributed by atoms with Crippen LogP contribution in [0.1, 0.15) is 28.1 Å². The van der Waals surface area contributed by atoms with Crippen molar-refractivity contribution in [3.05, 3.63) is 42.0 Å². The molecule has 1 unspecified atom stereocenters. The van der Waals surface area contributed by atoms with Gasteiger partial charge < -0.3 is 14.2 Å². The Morgan fingerprint density at radius 2 is 2.23 bits per heavy atom. The minimum Gasteiger partial charge on any atom is -0.367 e. The Balaban J connectivity index is 0.00000176. The topological polar surface area (TPSA) is 73.1 Å². The lowest BCUT2D eigenvalue weighted by molar-refractivity contribution is -0.0281. The molecule has 0 N–H and O–H groups in total. The number of aromatic nitrogens is 4. The molecular formula is C14H18ClN5O2. The van der Waals surface area contributed by atoms with Crippen molar-refractivity contribution in [1.29, 1.82) is 0 Å². The van der Waals surface area contributed by atoms with Crippen LogP contribution in [-0.4, -0.2) is 50.0 Å². The molecule has 2 aromatic heterocycles. The average molecular weight is 324 g/mol. The molecule has 2 aromatic rings. The van der Waals surface area contributed by atoms with E-state index in [1.54, 1.807) is 11.1 Å². The molecule has 1 aliphatic heterocycles. The second-order valence-corrected chi connectivity index (χ2v) is 5.05. The van der Waals surface area contributed by atoms with Gasteiger partial charge in [-0.25, -0.2) is 9.97 Å². The van der Waals surface area contributed by atoms with Crippen molar-refractivity contribution in [2.24, 2.45) is 7.05 Å². The van der Waals surface area contributed by atoms with Gasteiger partial charge in [-0.15, -0.1) is 12.4 Å². The Kier molecular flexibility index (Phi) is 5.10. The summed E-state index contributed by atoms with van der Waals surface area (Å²) in [7, 11) is 1.93. The maximum atomic E-state index is 12.4. The molecule has 8 heteroatoms. The van der Waals surface area contributed by atoms with Crippen LogP contribution in [0.5, 0.6) is 0 Å². The normalized spacial score (nSPS) is 17.9. The zero-order valence-electron chi connectivity index (χ0n) is 12.5. The van der Waals surface area contributed by atoms with Crippen LogP contribution in [-0.2, 0) is 11.8 Å². The van der Waals surface area contributed by atoms with Crippen LogP contribution in [0.15, 0.2) is 24.8 Å². The van der Waals surface area contributed by atoms with Crippen molar-refractivity contribution in [1.82, 2.24) is 24.4 Å². The van der Waals surface area contributed by atoms with Gasteiger partial charge >= 0.3 is 0 Å². The summed E-state index contributed by atoms with van der Waals surface area (Å²) in [6.07, 6.45) is 6.29. The molecule has 3 rings (SSSR count). The fourth-order valence-electron chi connectivity index (χ4n) is 2.50. The van der Waals surface area contributed by atoms with Crippen molar-refractivity contribution in [2.75, 3.05) is 19.7 Å². The largest absolute Gasteiger partial charge is 0.367 e. The maximum absolute atomic E-state index is 12.4. The van der Waals surface area contributed by atoms with Crippen LogP contribution in [0.4, 0.5) is 0 Å². The molecule has 1 aliphatic rings. The first-order valence-corrected chi connectivity index (χ1v) is 6.82. The molecule has 0 aromatic carbocycles. The summed E-state index contributed by atoms with van der Waals surface area (Å²) in [5, 5.41) is 0. The van der Waals surface area contributed by atoms with Gasteiger partial charge in [-0.05, 0) is 6.92 Å². The summed E-state index contributed by atoms with van der Waals surface area (Å²) in [6.45, 7) is 3.45. The van der Waals surface area contributed by atoms with Gasteiger partial charge in [0.2, 0.25) is 0 Å². The number of carbonyl (C=O) groups is 1. The van der Waals surface area contributed by atoms with Gasteiger partial charge in [0.1, 0.15) is 17.6 Å². The molecule has 0 spiro atoms. The Bertz CT molecular complexity index is 646. The highest BCUT2D eigenvalue weighted by Gasteiger charge is 2.29. The van der Waals surface area contributed by atoms with Gasteiger partial charge in [0.25, 0.3) is 5.91 Å². The summed E-state index contributed by atoms with van der Waals surface area (Å²) in [6, 6.07) is 0. The van der Waals surface area contributed by atoms with Crippen LogP contribution in [0, 0.1) is 6.92 Å². The molecular weight excluding hydrogens is 306 g/mol. The summed E-state index contributed by atoms with van der Waals surface area (Å²) < 4.78 is 7.70. The molecule has 1 amide bonds. The van der Waals surface area contributed by atoms with E-state index in [9.17, 15) is 4.79 Å². The van der Waals surface area contributed by atoms with Crippen LogP contribution in [0.2, 0.25) is 0 Å². The smallest absolute Gasteiger partial charge is 0.274 e. The number of hydrogen-bond acceptors (Lipinski definition) is 5. The van der Waals surface area contributed by atoms with E-state index in [-0.39, 0.29) is 24.4 Å². The highest BCUT2D eigenvalue weighted by molar-refractivity contribution is 5.92. The number of imidazole rings is 1. The van der Waals surface area contributed by atoms with E-state index in [0.29, 0.717) is 25.4 Å². The van der Waals surface area contributed by atoms with Gasteiger partial charge in [-0.3, -0.25) is 9.78 Å². The van der Waals surface area contributed by atoms with Gasteiger partial charge in [0.15, 0.2) is 0 Å². The van der Waals surface area contributed by atoms with Gasteiger partial charge in [0.05, 0.1) is 25.0 Å². The van der Waals surface area contributed by atoms with E-state index in [0.717, 1.165) is 11.5 Å². The quantitative estimate of drug-likeness (QED) is 0.829. The maximum Gasteiger partial charge on any atom is 0.274 e. The number of ether oxygens (including phenoxy) is 1. The molecule has 0 saturated carbocycles. The number of halogens is 1. The Morgan fingerprint density at radius 1 is 1.41 bits per heavy atom. The van der Waals surface area contributed by atoms with Gasteiger partial charge in [-0.2, -0.15) is 0 Å². The second-order valence-electron chi connectivity index (χ2n) is 5.05. The minimum absolute atomic E-state index is 0. The highest BCUT2D eigenvalue weighted by Crippen LogP contribution is 2.22. The van der Waals surface area contributed by atoms with E-state index in [1.807, 2.05) is 24.7 Å². The number of nitrogens with zero attached hydrogens (tertiary/aromatic N) is 5. The van der Waals surface area contributed by atoms with Crippen LogP contribution in [0.25, 0.3) is 0 Å². The predicted octanol–water partition coefficient (Wildman–Crippen LogP) is 1.15.